The van der Waals surface area contributed by atoms with Gasteiger partial charge in [-0.2, -0.15) is 4.98 Å². The van der Waals surface area contributed by atoms with Crippen molar-refractivity contribution in [2.75, 3.05) is 19.4 Å². The summed E-state index contributed by atoms with van der Waals surface area (Å²) in [6, 6.07) is 6.83. The van der Waals surface area contributed by atoms with E-state index in [9.17, 15) is 4.79 Å². The zero-order valence-electron chi connectivity index (χ0n) is 10.8. The third-order valence-corrected chi connectivity index (χ3v) is 2.78. The average Bonchev–Trinajstić information content (AvgIpc) is 2.88. The number of nitrogens with one attached hydrogen (secondary N) is 1. The molecule has 106 valence electrons. The van der Waals surface area contributed by atoms with E-state index in [1.165, 1.54) is 4.90 Å². The lowest BCUT2D eigenvalue weighted by Crippen LogP contribution is -2.27. The van der Waals surface area contributed by atoms with Crippen LogP contribution in [-0.2, 0) is 0 Å². The van der Waals surface area contributed by atoms with Gasteiger partial charge in [-0.3, -0.25) is 0 Å². The highest BCUT2D eigenvalue weighted by Crippen LogP contribution is 2.26. The number of anilines is 1. The van der Waals surface area contributed by atoms with E-state index in [-0.39, 0.29) is 11.9 Å². The number of urea groups is 1. The van der Waals surface area contributed by atoms with Crippen molar-refractivity contribution >= 4 is 34.9 Å². The second-order valence-corrected chi connectivity index (χ2v) is 5.26. The van der Waals surface area contributed by atoms with Crippen LogP contribution in [-0.4, -0.2) is 35.2 Å². The van der Waals surface area contributed by atoms with Gasteiger partial charge < -0.3 is 14.7 Å². The fraction of sp³-hybridized carbons (Fsp3) is 0.250. The number of hydrogen-bond acceptors (Lipinski definition) is 4. The molecule has 20 heavy (non-hydrogen) atoms. The lowest BCUT2D eigenvalue weighted by atomic mass is 10.2. The second kappa shape index (κ2) is 6.11. The smallest absolute Gasteiger partial charge is 0.321 e. The maximum Gasteiger partial charge on any atom is 0.321 e. The molecule has 0 atom stereocenters. The number of aromatic nitrogens is 2. The molecule has 0 bridgehead atoms. The Labute approximate surface area is 125 Å². The Kier molecular flexibility index (Phi) is 4.46. The van der Waals surface area contributed by atoms with E-state index in [0.29, 0.717) is 17.1 Å². The molecule has 1 heterocycles. The maximum absolute atomic E-state index is 11.6. The van der Waals surface area contributed by atoms with Crippen LogP contribution >= 0.6 is 23.2 Å². The predicted octanol–water partition coefficient (Wildman–Crippen LogP) is 3.31. The molecule has 0 aliphatic heterocycles. The van der Waals surface area contributed by atoms with Gasteiger partial charge in [0.25, 0.3) is 5.89 Å². The molecule has 0 aliphatic rings. The second-order valence-electron chi connectivity index (χ2n) is 4.16. The molecular weight excluding hydrogens is 303 g/mol. The van der Waals surface area contributed by atoms with E-state index in [0.717, 1.165) is 0 Å². The Morgan fingerprint density at radius 2 is 2.15 bits per heavy atom. The van der Waals surface area contributed by atoms with Crippen LogP contribution in [0.2, 0.25) is 0 Å². The molecule has 0 radical (unpaired) electrons. The van der Waals surface area contributed by atoms with Crippen molar-refractivity contribution in [2.24, 2.45) is 0 Å². The van der Waals surface area contributed by atoms with Crippen LogP contribution in [0.3, 0.4) is 0 Å². The maximum atomic E-state index is 11.6. The van der Waals surface area contributed by atoms with Crippen LogP contribution in [0, 0.1) is 0 Å². The molecule has 0 unspecified atom stereocenters. The first-order chi connectivity index (χ1) is 9.47. The van der Waals surface area contributed by atoms with Gasteiger partial charge >= 0.3 is 6.03 Å². The van der Waals surface area contributed by atoms with Crippen molar-refractivity contribution in [2.45, 2.75) is 4.84 Å². The normalized spacial score (nSPS) is 10.7. The number of carbonyl (C=O) groups is 1. The first-order valence-electron chi connectivity index (χ1n) is 5.68. The lowest BCUT2D eigenvalue weighted by Gasteiger charge is -2.12. The first kappa shape index (κ1) is 14.6. The topological polar surface area (TPSA) is 71.3 Å². The van der Waals surface area contributed by atoms with Crippen molar-refractivity contribution in [1.29, 1.82) is 0 Å². The molecule has 2 aromatic rings. The van der Waals surface area contributed by atoms with Crippen molar-refractivity contribution in [3.05, 3.63) is 30.2 Å². The van der Waals surface area contributed by atoms with Gasteiger partial charge in [-0.05, 0) is 12.1 Å². The van der Waals surface area contributed by atoms with Crippen LogP contribution in [0.15, 0.2) is 28.8 Å². The fourth-order valence-corrected chi connectivity index (χ4v) is 1.59. The van der Waals surface area contributed by atoms with Crippen molar-refractivity contribution in [3.63, 3.8) is 0 Å². The van der Waals surface area contributed by atoms with Crippen LogP contribution in [0.5, 0.6) is 0 Å². The van der Waals surface area contributed by atoms with Crippen LogP contribution in [0.25, 0.3) is 11.4 Å². The number of rotatable bonds is 3. The zero-order chi connectivity index (χ0) is 14.7. The molecule has 1 N–H and O–H groups in total. The van der Waals surface area contributed by atoms with E-state index < -0.39 is 4.84 Å². The highest BCUT2D eigenvalue weighted by Gasteiger charge is 2.15. The van der Waals surface area contributed by atoms with Gasteiger partial charge in [0.2, 0.25) is 5.82 Å². The van der Waals surface area contributed by atoms with Gasteiger partial charge in [0.05, 0.1) is 0 Å². The fourth-order valence-electron chi connectivity index (χ4n) is 1.41. The van der Waals surface area contributed by atoms with E-state index >= 15 is 0 Å². The van der Waals surface area contributed by atoms with E-state index in [4.69, 9.17) is 27.7 Å². The SMILES string of the molecule is CN(C)C(=O)Nc1cccc(-c2noc(C(Cl)Cl)n2)c1. The van der Waals surface area contributed by atoms with Gasteiger partial charge in [0, 0.05) is 25.3 Å². The highest BCUT2D eigenvalue weighted by atomic mass is 35.5. The molecule has 0 saturated carbocycles. The Morgan fingerprint density at radius 1 is 1.40 bits per heavy atom. The number of amides is 2. The van der Waals surface area contributed by atoms with Crippen LogP contribution in [0.4, 0.5) is 10.5 Å². The molecule has 0 spiro atoms. The van der Waals surface area contributed by atoms with Gasteiger partial charge in [-0.25, -0.2) is 4.79 Å². The summed E-state index contributed by atoms with van der Waals surface area (Å²) in [7, 11) is 3.32. The average molecular weight is 315 g/mol. The summed E-state index contributed by atoms with van der Waals surface area (Å²) < 4.78 is 4.92. The molecule has 1 aromatic carbocycles. The van der Waals surface area contributed by atoms with Crippen LogP contribution < -0.4 is 5.32 Å². The Morgan fingerprint density at radius 3 is 2.75 bits per heavy atom. The van der Waals surface area contributed by atoms with Crippen LogP contribution in [0.1, 0.15) is 10.7 Å². The summed E-state index contributed by atoms with van der Waals surface area (Å²) in [6.07, 6.45) is 0. The minimum Gasteiger partial charge on any atom is -0.336 e. The predicted molar refractivity (Wildman–Crippen MR) is 76.9 cm³/mol. The standard InChI is InChI=1S/C12H12Cl2N4O2/c1-18(2)12(19)15-8-5-3-4-7(6-8)10-16-11(9(13)14)20-17-10/h3-6,9H,1-2H3,(H,15,19). The third-order valence-electron chi connectivity index (χ3n) is 2.41. The number of nitrogens with zero attached hydrogens (tertiary/aromatic N) is 3. The number of benzene rings is 1. The van der Waals surface area contributed by atoms with Crippen molar-refractivity contribution in [3.8, 4) is 11.4 Å². The first-order valence-corrected chi connectivity index (χ1v) is 6.55. The monoisotopic (exact) mass is 314 g/mol. The molecule has 0 fully saturated rings. The molecule has 1 aromatic heterocycles. The summed E-state index contributed by atoms with van der Waals surface area (Å²) in [5, 5.41) is 6.51. The van der Waals surface area contributed by atoms with Gasteiger partial charge in [0.1, 0.15) is 0 Å². The number of halogens is 2. The lowest BCUT2D eigenvalue weighted by molar-refractivity contribution is 0.230. The summed E-state index contributed by atoms with van der Waals surface area (Å²) in [4.78, 5) is 16.2. The van der Waals surface area contributed by atoms with E-state index in [1.54, 1.807) is 38.4 Å². The molecular formula is C12H12Cl2N4O2. The molecule has 0 saturated heterocycles. The molecule has 2 amide bonds. The van der Waals surface area contributed by atoms with Gasteiger partial charge in [0.15, 0.2) is 4.84 Å². The highest BCUT2D eigenvalue weighted by molar-refractivity contribution is 6.43. The quantitative estimate of drug-likeness (QED) is 0.882. The summed E-state index contributed by atoms with van der Waals surface area (Å²) in [6.45, 7) is 0. The van der Waals surface area contributed by atoms with E-state index in [2.05, 4.69) is 15.5 Å². The summed E-state index contributed by atoms with van der Waals surface area (Å²) in [5.41, 5.74) is 1.31. The molecule has 6 nitrogen and oxygen atoms in total. The van der Waals surface area contributed by atoms with Crippen molar-refractivity contribution in [1.82, 2.24) is 15.0 Å². The molecule has 0 aliphatic carbocycles. The largest absolute Gasteiger partial charge is 0.336 e. The Balaban J connectivity index is 2.22. The Hall–Kier alpha value is -1.79. The van der Waals surface area contributed by atoms with Crippen molar-refractivity contribution < 1.29 is 9.32 Å². The van der Waals surface area contributed by atoms with Gasteiger partial charge in [-0.15, -0.1) is 0 Å². The molecule has 2 rings (SSSR count). The minimum absolute atomic E-state index is 0.131. The number of hydrogen-bond donors (Lipinski definition) is 1. The van der Waals surface area contributed by atoms with Gasteiger partial charge in [-0.1, -0.05) is 40.5 Å². The van der Waals surface area contributed by atoms with E-state index in [1.807, 2.05) is 0 Å². The number of carbonyl (C=O) groups excluding carboxylic acids is 1. The zero-order valence-corrected chi connectivity index (χ0v) is 12.3. The third kappa shape index (κ3) is 3.40. The minimum atomic E-state index is -0.868. The summed E-state index contributed by atoms with van der Waals surface area (Å²) >= 11 is 11.3. The summed E-state index contributed by atoms with van der Waals surface area (Å²) in [5.74, 6) is 0.485. The molecule has 8 heteroatoms. The Bertz CT molecular complexity index is 613. The number of alkyl halides is 2.